The molecule has 0 saturated heterocycles. The first-order chi connectivity index (χ1) is 10.2. The maximum absolute atomic E-state index is 11.5. The molecule has 0 heterocycles. The first-order valence-corrected chi connectivity index (χ1v) is 8.97. The zero-order valence-electron chi connectivity index (χ0n) is 13.1. The summed E-state index contributed by atoms with van der Waals surface area (Å²) < 4.78 is 0. The Labute approximate surface area is 134 Å². The van der Waals surface area contributed by atoms with Gasteiger partial charge in [-0.15, -0.1) is 11.6 Å². The van der Waals surface area contributed by atoms with E-state index in [1.807, 2.05) is 12.1 Å². The topological polar surface area (TPSA) is 17.1 Å². The second kappa shape index (κ2) is 8.58. The monoisotopic (exact) mass is 306 g/mol. The van der Waals surface area contributed by atoms with Crippen molar-refractivity contribution in [1.82, 2.24) is 0 Å². The fourth-order valence-corrected chi connectivity index (χ4v) is 3.64. The van der Waals surface area contributed by atoms with E-state index in [4.69, 9.17) is 11.6 Å². The smallest absolute Gasteiger partial charge is 0.177 e. The van der Waals surface area contributed by atoms with Crippen molar-refractivity contribution in [3.05, 3.63) is 35.4 Å². The van der Waals surface area contributed by atoms with Gasteiger partial charge in [-0.3, -0.25) is 4.79 Å². The predicted molar refractivity (Wildman–Crippen MR) is 90.3 cm³/mol. The van der Waals surface area contributed by atoms with Crippen LogP contribution in [0.2, 0.25) is 0 Å². The minimum absolute atomic E-state index is 0.0165. The van der Waals surface area contributed by atoms with E-state index in [2.05, 4.69) is 19.1 Å². The molecule has 0 amide bonds. The highest BCUT2D eigenvalue weighted by atomic mass is 35.5. The molecule has 0 aromatic heterocycles. The molecule has 0 aliphatic heterocycles. The first-order valence-electron chi connectivity index (χ1n) is 8.43. The van der Waals surface area contributed by atoms with E-state index < -0.39 is 0 Å². The van der Waals surface area contributed by atoms with Crippen molar-refractivity contribution >= 4 is 17.4 Å². The number of Topliss-reactive ketones (excluding diaryl/α,β-unsaturated/α-hetero) is 1. The van der Waals surface area contributed by atoms with Gasteiger partial charge in [0, 0.05) is 5.56 Å². The minimum atomic E-state index is 0.0165. The molecule has 21 heavy (non-hydrogen) atoms. The van der Waals surface area contributed by atoms with Crippen molar-refractivity contribution in [3.8, 4) is 0 Å². The predicted octanol–water partition coefficient (Wildman–Crippen LogP) is 5.96. The Kier molecular flexibility index (Phi) is 6.76. The van der Waals surface area contributed by atoms with Crippen LogP contribution in [0.5, 0.6) is 0 Å². The molecule has 1 fully saturated rings. The maximum atomic E-state index is 11.5. The maximum Gasteiger partial charge on any atom is 0.177 e. The summed E-state index contributed by atoms with van der Waals surface area (Å²) in [6.45, 7) is 2.27. The molecule has 2 heteroatoms. The number of hydrogen-bond donors (Lipinski definition) is 0. The van der Waals surface area contributed by atoms with E-state index in [-0.39, 0.29) is 11.7 Å². The van der Waals surface area contributed by atoms with Crippen molar-refractivity contribution in [3.63, 3.8) is 0 Å². The molecule has 0 atom stereocenters. The summed E-state index contributed by atoms with van der Waals surface area (Å²) in [7, 11) is 0. The fourth-order valence-electron chi connectivity index (χ4n) is 3.49. The molecule has 1 aliphatic carbocycles. The second-order valence-corrected chi connectivity index (χ2v) is 6.66. The number of ketones is 1. The number of hydrogen-bond acceptors (Lipinski definition) is 1. The van der Waals surface area contributed by atoms with Gasteiger partial charge in [0.05, 0.1) is 5.88 Å². The molecule has 1 aliphatic rings. The largest absolute Gasteiger partial charge is 0.293 e. The number of carbonyl (C=O) groups is 1. The molecule has 2 rings (SSSR count). The van der Waals surface area contributed by atoms with Gasteiger partial charge in [-0.1, -0.05) is 56.9 Å². The van der Waals surface area contributed by atoms with Crippen LogP contribution in [-0.2, 0) is 0 Å². The Hall–Kier alpha value is -0.820. The molecule has 0 N–H and O–H groups in total. The SMILES string of the molecule is CCCCC[C@H]1CC[C@H](c2ccc(C(=O)CCl)cc2)CC1. The third-order valence-corrected chi connectivity index (χ3v) is 5.13. The molecule has 1 aromatic carbocycles. The lowest BCUT2D eigenvalue weighted by Crippen LogP contribution is -2.13. The van der Waals surface area contributed by atoms with Gasteiger partial charge in [0.25, 0.3) is 0 Å². The van der Waals surface area contributed by atoms with E-state index in [9.17, 15) is 4.79 Å². The highest BCUT2D eigenvalue weighted by Gasteiger charge is 2.22. The van der Waals surface area contributed by atoms with Crippen molar-refractivity contribution < 1.29 is 4.79 Å². The van der Waals surface area contributed by atoms with E-state index in [0.29, 0.717) is 5.92 Å². The standard InChI is InChI=1S/C19H27ClO/c1-2-3-4-5-15-6-8-16(9-7-15)17-10-12-18(13-11-17)19(21)14-20/h10-13,15-16H,2-9,14H2,1H3/t15-,16-. The number of halogens is 1. The van der Waals surface area contributed by atoms with Crippen LogP contribution < -0.4 is 0 Å². The zero-order valence-corrected chi connectivity index (χ0v) is 13.9. The van der Waals surface area contributed by atoms with Crippen molar-refractivity contribution in [2.24, 2.45) is 5.92 Å². The molecule has 1 saturated carbocycles. The quantitative estimate of drug-likeness (QED) is 0.345. The molecule has 1 nitrogen and oxygen atoms in total. The Bertz CT molecular complexity index is 429. The van der Waals surface area contributed by atoms with Gasteiger partial charge in [0.1, 0.15) is 0 Å². The van der Waals surface area contributed by atoms with Crippen LogP contribution in [0, 0.1) is 5.92 Å². The van der Waals surface area contributed by atoms with Crippen LogP contribution >= 0.6 is 11.6 Å². The normalized spacial score (nSPS) is 22.2. The first kappa shape index (κ1) is 16.5. The van der Waals surface area contributed by atoms with E-state index in [0.717, 1.165) is 11.5 Å². The van der Waals surface area contributed by atoms with Crippen LogP contribution in [0.25, 0.3) is 0 Å². The summed E-state index contributed by atoms with van der Waals surface area (Å²) in [4.78, 5) is 11.5. The van der Waals surface area contributed by atoms with Crippen LogP contribution in [0.15, 0.2) is 24.3 Å². The number of alkyl halides is 1. The average Bonchev–Trinajstić information content (AvgIpc) is 2.55. The molecule has 1 aromatic rings. The van der Waals surface area contributed by atoms with Crippen molar-refractivity contribution in [2.45, 2.75) is 64.2 Å². The van der Waals surface area contributed by atoms with E-state index >= 15 is 0 Å². The molecule has 0 radical (unpaired) electrons. The summed E-state index contributed by atoms with van der Waals surface area (Å²) in [6, 6.07) is 8.13. The molecular weight excluding hydrogens is 280 g/mol. The minimum Gasteiger partial charge on any atom is -0.293 e. The van der Waals surface area contributed by atoms with E-state index in [1.54, 1.807) is 0 Å². The molecule has 116 valence electrons. The van der Waals surface area contributed by atoms with Gasteiger partial charge >= 0.3 is 0 Å². The van der Waals surface area contributed by atoms with Crippen molar-refractivity contribution in [2.75, 3.05) is 5.88 Å². The van der Waals surface area contributed by atoms with Crippen LogP contribution in [0.4, 0.5) is 0 Å². The third kappa shape index (κ3) is 4.85. The number of rotatable bonds is 7. The molecule has 0 spiro atoms. The highest BCUT2D eigenvalue weighted by molar-refractivity contribution is 6.30. The molecule has 0 bridgehead atoms. The van der Waals surface area contributed by atoms with Gasteiger partial charge < -0.3 is 0 Å². The Balaban J connectivity index is 1.83. The second-order valence-electron chi connectivity index (χ2n) is 6.39. The lowest BCUT2D eigenvalue weighted by Gasteiger charge is -2.29. The van der Waals surface area contributed by atoms with Gasteiger partial charge in [-0.25, -0.2) is 0 Å². The number of benzene rings is 1. The summed E-state index contributed by atoms with van der Waals surface area (Å²) >= 11 is 5.59. The van der Waals surface area contributed by atoms with Crippen LogP contribution in [0.1, 0.15) is 80.1 Å². The van der Waals surface area contributed by atoms with Crippen LogP contribution in [0.3, 0.4) is 0 Å². The third-order valence-electron chi connectivity index (χ3n) is 4.89. The highest BCUT2D eigenvalue weighted by Crippen LogP contribution is 2.37. The Morgan fingerprint density at radius 3 is 2.33 bits per heavy atom. The summed E-state index contributed by atoms with van der Waals surface area (Å²) in [5.41, 5.74) is 2.13. The fraction of sp³-hybridized carbons (Fsp3) is 0.632. The molecule has 0 unspecified atom stereocenters. The van der Waals surface area contributed by atoms with Gasteiger partial charge in [0.2, 0.25) is 0 Å². The number of unbranched alkanes of at least 4 members (excludes halogenated alkanes) is 2. The van der Waals surface area contributed by atoms with Gasteiger partial charge in [0.15, 0.2) is 5.78 Å². The Morgan fingerprint density at radius 2 is 1.76 bits per heavy atom. The van der Waals surface area contributed by atoms with Gasteiger partial charge in [-0.2, -0.15) is 0 Å². The Morgan fingerprint density at radius 1 is 1.10 bits per heavy atom. The summed E-state index contributed by atoms with van der Waals surface area (Å²) in [5, 5.41) is 0. The zero-order chi connectivity index (χ0) is 15.1. The molecular formula is C19H27ClO. The van der Waals surface area contributed by atoms with Crippen LogP contribution in [-0.4, -0.2) is 11.7 Å². The summed E-state index contributed by atoms with van der Waals surface area (Å²) in [6.07, 6.45) is 10.9. The lowest BCUT2D eigenvalue weighted by atomic mass is 9.77. The summed E-state index contributed by atoms with van der Waals surface area (Å²) in [5.74, 6) is 1.72. The van der Waals surface area contributed by atoms with Crippen molar-refractivity contribution in [1.29, 1.82) is 0 Å². The number of carbonyl (C=O) groups excluding carboxylic acids is 1. The average molecular weight is 307 g/mol. The van der Waals surface area contributed by atoms with Gasteiger partial charge in [-0.05, 0) is 43.1 Å². The lowest BCUT2D eigenvalue weighted by molar-refractivity contribution is 0.102. The van der Waals surface area contributed by atoms with E-state index in [1.165, 1.54) is 56.9 Å².